The predicted octanol–water partition coefficient (Wildman–Crippen LogP) is 1.32. The van der Waals surface area contributed by atoms with E-state index < -0.39 is 0 Å². The topological polar surface area (TPSA) is 46.3 Å². The van der Waals surface area contributed by atoms with Crippen LogP contribution in [0.4, 0.5) is 0 Å². The minimum atomic E-state index is -0.0450. The minimum Gasteiger partial charge on any atom is -0.446 e. The number of fused-ring (bicyclic) bond motifs is 1. The molecule has 0 fully saturated rings. The largest absolute Gasteiger partial charge is 0.446 e. The maximum absolute atomic E-state index is 8.73. The summed E-state index contributed by atoms with van der Waals surface area (Å²) in [6, 6.07) is 5.48. The van der Waals surface area contributed by atoms with E-state index in [4.69, 9.17) is 9.52 Å². The average molecular weight is 149 g/mol. The van der Waals surface area contributed by atoms with Gasteiger partial charge in [-0.25, -0.2) is 4.98 Å². The lowest BCUT2D eigenvalue weighted by Crippen LogP contribution is -1.86. The van der Waals surface area contributed by atoms with Crippen LogP contribution < -0.4 is 0 Å². The molecular weight excluding hydrogens is 142 g/mol. The van der Waals surface area contributed by atoms with Gasteiger partial charge in [-0.15, -0.1) is 0 Å². The van der Waals surface area contributed by atoms with Crippen LogP contribution in [-0.4, -0.2) is 10.1 Å². The van der Waals surface area contributed by atoms with Gasteiger partial charge in [0, 0.05) is 5.39 Å². The Morgan fingerprint density at radius 1 is 1.36 bits per heavy atom. The van der Waals surface area contributed by atoms with E-state index in [1.54, 1.807) is 12.3 Å². The molecular formula is C8H7NO2. The molecule has 0 atom stereocenters. The summed E-state index contributed by atoms with van der Waals surface area (Å²) in [7, 11) is 0. The van der Waals surface area contributed by atoms with Crippen LogP contribution in [-0.2, 0) is 6.61 Å². The summed E-state index contributed by atoms with van der Waals surface area (Å²) in [5, 5.41) is 9.69. The second-order valence-corrected chi connectivity index (χ2v) is 2.28. The summed E-state index contributed by atoms with van der Waals surface area (Å²) in [6.45, 7) is -0.0450. The highest BCUT2D eigenvalue weighted by molar-refractivity contribution is 5.72. The second-order valence-electron chi connectivity index (χ2n) is 2.28. The lowest BCUT2D eigenvalue weighted by Gasteiger charge is -1.92. The van der Waals surface area contributed by atoms with Crippen LogP contribution in [0, 0.1) is 0 Å². The van der Waals surface area contributed by atoms with Gasteiger partial charge in [-0.05, 0) is 18.2 Å². The number of furan rings is 1. The lowest BCUT2D eigenvalue weighted by atomic mass is 10.3. The third-order valence-corrected chi connectivity index (χ3v) is 1.54. The summed E-state index contributed by atoms with van der Waals surface area (Å²) >= 11 is 0. The first-order valence-corrected chi connectivity index (χ1v) is 3.34. The molecule has 0 unspecified atom stereocenters. The zero-order valence-electron chi connectivity index (χ0n) is 5.82. The maximum Gasteiger partial charge on any atom is 0.226 e. The number of pyridine rings is 1. The average Bonchev–Trinajstić information content (AvgIpc) is 2.50. The van der Waals surface area contributed by atoms with Gasteiger partial charge in [0.2, 0.25) is 5.71 Å². The Bertz CT molecular complexity index is 367. The fourth-order valence-corrected chi connectivity index (χ4v) is 0.971. The zero-order valence-corrected chi connectivity index (χ0v) is 5.82. The van der Waals surface area contributed by atoms with E-state index >= 15 is 0 Å². The van der Waals surface area contributed by atoms with Crippen molar-refractivity contribution in [2.75, 3.05) is 0 Å². The molecule has 11 heavy (non-hydrogen) atoms. The molecule has 0 aliphatic carbocycles. The van der Waals surface area contributed by atoms with Crippen molar-refractivity contribution < 1.29 is 9.52 Å². The smallest absolute Gasteiger partial charge is 0.226 e. The van der Waals surface area contributed by atoms with Crippen molar-refractivity contribution in [3.63, 3.8) is 0 Å². The Morgan fingerprint density at radius 3 is 3.09 bits per heavy atom. The van der Waals surface area contributed by atoms with Gasteiger partial charge < -0.3 is 9.52 Å². The highest BCUT2D eigenvalue weighted by atomic mass is 16.3. The van der Waals surface area contributed by atoms with Crippen molar-refractivity contribution in [3.05, 3.63) is 30.2 Å². The van der Waals surface area contributed by atoms with Gasteiger partial charge >= 0.3 is 0 Å². The number of rotatable bonds is 1. The Kier molecular flexibility index (Phi) is 1.36. The second kappa shape index (κ2) is 2.36. The molecule has 0 radical (unpaired) electrons. The molecule has 2 aromatic rings. The fourth-order valence-electron chi connectivity index (χ4n) is 0.971. The van der Waals surface area contributed by atoms with Gasteiger partial charge in [0.25, 0.3) is 0 Å². The molecule has 3 nitrogen and oxygen atoms in total. The molecule has 2 aromatic heterocycles. The van der Waals surface area contributed by atoms with Gasteiger partial charge in [-0.2, -0.15) is 0 Å². The van der Waals surface area contributed by atoms with E-state index in [-0.39, 0.29) is 6.61 Å². The molecule has 1 N–H and O–H groups in total. The van der Waals surface area contributed by atoms with Crippen LogP contribution in [0.5, 0.6) is 0 Å². The molecule has 2 rings (SSSR count). The van der Waals surface area contributed by atoms with Gasteiger partial charge in [0.15, 0.2) is 0 Å². The molecule has 0 amide bonds. The summed E-state index contributed by atoms with van der Waals surface area (Å²) in [4.78, 5) is 4.04. The summed E-state index contributed by atoms with van der Waals surface area (Å²) in [5.74, 6) is 0. The normalized spacial score (nSPS) is 10.6. The first kappa shape index (κ1) is 6.37. The first-order valence-electron chi connectivity index (χ1n) is 3.34. The fraction of sp³-hybridized carbons (Fsp3) is 0.125. The Hall–Kier alpha value is -1.35. The van der Waals surface area contributed by atoms with Crippen LogP contribution in [0.2, 0.25) is 0 Å². The molecule has 0 saturated carbocycles. The van der Waals surface area contributed by atoms with Crippen LogP contribution in [0.15, 0.2) is 28.9 Å². The van der Waals surface area contributed by atoms with Crippen LogP contribution in [0.25, 0.3) is 11.1 Å². The molecule has 3 heteroatoms. The molecule has 0 aromatic carbocycles. The lowest BCUT2D eigenvalue weighted by molar-refractivity contribution is 0.277. The van der Waals surface area contributed by atoms with Crippen LogP contribution in [0.1, 0.15) is 5.69 Å². The first-order chi connectivity index (χ1) is 5.40. The quantitative estimate of drug-likeness (QED) is 0.665. The number of hydrogen-bond acceptors (Lipinski definition) is 3. The number of aromatic nitrogens is 1. The van der Waals surface area contributed by atoms with E-state index in [0.717, 1.165) is 5.39 Å². The van der Waals surface area contributed by atoms with Gasteiger partial charge in [-0.3, -0.25) is 0 Å². The van der Waals surface area contributed by atoms with Gasteiger partial charge in [-0.1, -0.05) is 0 Å². The van der Waals surface area contributed by atoms with E-state index in [9.17, 15) is 0 Å². The number of aliphatic hydroxyl groups excluding tert-OH is 1. The maximum atomic E-state index is 8.73. The number of nitrogens with zero attached hydrogens (tertiary/aromatic N) is 1. The summed E-state index contributed by atoms with van der Waals surface area (Å²) < 4.78 is 5.04. The van der Waals surface area contributed by atoms with Crippen molar-refractivity contribution in [3.8, 4) is 0 Å². The Balaban J connectivity index is 2.67. The molecule has 0 saturated heterocycles. The molecule has 0 bridgehead atoms. The molecule has 0 aliphatic heterocycles. The van der Waals surface area contributed by atoms with E-state index in [2.05, 4.69) is 4.98 Å². The van der Waals surface area contributed by atoms with E-state index in [0.29, 0.717) is 11.4 Å². The molecule has 2 heterocycles. The molecule has 56 valence electrons. The van der Waals surface area contributed by atoms with Crippen LogP contribution >= 0.6 is 0 Å². The van der Waals surface area contributed by atoms with Crippen molar-refractivity contribution in [2.24, 2.45) is 0 Å². The third kappa shape index (κ3) is 0.991. The molecule has 0 spiro atoms. The Labute approximate surface area is 63.3 Å². The van der Waals surface area contributed by atoms with E-state index in [1.165, 1.54) is 0 Å². The van der Waals surface area contributed by atoms with Crippen molar-refractivity contribution in [1.82, 2.24) is 4.98 Å². The summed E-state index contributed by atoms with van der Waals surface area (Å²) in [5.41, 5.74) is 1.21. The van der Waals surface area contributed by atoms with Crippen LogP contribution in [0.3, 0.4) is 0 Å². The summed E-state index contributed by atoms with van der Waals surface area (Å²) in [6.07, 6.45) is 1.58. The number of aliphatic hydroxyl groups is 1. The SMILES string of the molecule is OCc1ccc2ccoc2n1. The standard InChI is InChI=1S/C8H7NO2/c10-5-7-2-1-6-3-4-11-8(6)9-7/h1-4,10H,5H2. The van der Waals surface area contributed by atoms with Gasteiger partial charge in [0.05, 0.1) is 18.6 Å². The number of hydrogen-bond donors (Lipinski definition) is 1. The van der Waals surface area contributed by atoms with Crippen molar-refractivity contribution >= 4 is 11.1 Å². The predicted molar refractivity (Wildman–Crippen MR) is 39.9 cm³/mol. The Morgan fingerprint density at radius 2 is 2.27 bits per heavy atom. The highest BCUT2D eigenvalue weighted by Crippen LogP contribution is 2.12. The molecule has 0 aliphatic rings. The van der Waals surface area contributed by atoms with Crippen molar-refractivity contribution in [2.45, 2.75) is 6.61 Å². The highest BCUT2D eigenvalue weighted by Gasteiger charge is 1.98. The van der Waals surface area contributed by atoms with Crippen molar-refractivity contribution in [1.29, 1.82) is 0 Å². The zero-order chi connectivity index (χ0) is 7.68. The minimum absolute atomic E-state index is 0.0450. The third-order valence-electron chi connectivity index (χ3n) is 1.54. The monoisotopic (exact) mass is 149 g/mol. The van der Waals surface area contributed by atoms with Gasteiger partial charge in [0.1, 0.15) is 0 Å². The van der Waals surface area contributed by atoms with E-state index in [1.807, 2.05) is 12.1 Å².